The number of aromatic nitrogens is 3. The molecule has 21 heavy (non-hydrogen) atoms. The van der Waals surface area contributed by atoms with Gasteiger partial charge in [-0.1, -0.05) is 6.92 Å². The van der Waals surface area contributed by atoms with E-state index in [2.05, 4.69) is 27.6 Å². The minimum absolute atomic E-state index is 0. The topological polar surface area (TPSA) is 71.8 Å². The minimum Gasteiger partial charge on any atom is -0.345 e. The molecule has 1 amide bonds. The summed E-state index contributed by atoms with van der Waals surface area (Å²) in [6.07, 6.45) is 4.86. The summed E-state index contributed by atoms with van der Waals surface area (Å²) in [6.45, 7) is 3.91. The van der Waals surface area contributed by atoms with Crippen LogP contribution < -0.4 is 10.6 Å². The van der Waals surface area contributed by atoms with Gasteiger partial charge in [0.05, 0.1) is 12.1 Å². The van der Waals surface area contributed by atoms with Gasteiger partial charge in [0.1, 0.15) is 5.82 Å². The van der Waals surface area contributed by atoms with Crippen LogP contribution in [0.15, 0.2) is 0 Å². The van der Waals surface area contributed by atoms with Crippen LogP contribution in [0.1, 0.15) is 50.3 Å². The highest BCUT2D eigenvalue weighted by atomic mass is 35.5. The first kappa shape index (κ1) is 18.2. The third kappa shape index (κ3) is 3.87. The van der Waals surface area contributed by atoms with E-state index in [1.54, 1.807) is 0 Å². The standard InChI is InChI=1S/C13H21N5O.2ClH/c1-2-11-16-12-9(6-4-8-18(12)17-11)15-13(19)10-5-3-7-14-10;;/h9-10,14H,2-8H2,1H3,(H,15,19);2*1H. The summed E-state index contributed by atoms with van der Waals surface area (Å²) in [5, 5.41) is 10.8. The molecule has 2 N–H and O–H groups in total. The molecule has 0 radical (unpaired) electrons. The third-order valence-electron chi connectivity index (χ3n) is 3.93. The first-order valence-corrected chi connectivity index (χ1v) is 7.25. The molecular formula is C13H23Cl2N5O. The molecule has 0 aromatic carbocycles. The molecule has 8 heteroatoms. The van der Waals surface area contributed by atoms with Gasteiger partial charge in [0.2, 0.25) is 5.91 Å². The largest absolute Gasteiger partial charge is 0.345 e. The summed E-state index contributed by atoms with van der Waals surface area (Å²) in [7, 11) is 0. The summed E-state index contributed by atoms with van der Waals surface area (Å²) >= 11 is 0. The first-order valence-electron chi connectivity index (χ1n) is 7.25. The summed E-state index contributed by atoms with van der Waals surface area (Å²) in [5.41, 5.74) is 0. The predicted octanol–water partition coefficient (Wildman–Crippen LogP) is 1.39. The number of carbonyl (C=O) groups is 1. The fourth-order valence-corrected chi connectivity index (χ4v) is 2.87. The van der Waals surface area contributed by atoms with Crippen LogP contribution in [0.5, 0.6) is 0 Å². The lowest BCUT2D eigenvalue weighted by molar-refractivity contribution is -0.123. The molecule has 0 bridgehead atoms. The lowest BCUT2D eigenvalue weighted by Crippen LogP contribution is -2.43. The molecule has 2 aliphatic rings. The van der Waals surface area contributed by atoms with Crippen molar-refractivity contribution in [3.63, 3.8) is 0 Å². The highest BCUT2D eigenvalue weighted by Crippen LogP contribution is 2.23. The van der Waals surface area contributed by atoms with E-state index in [9.17, 15) is 4.79 Å². The van der Waals surface area contributed by atoms with Crippen molar-refractivity contribution < 1.29 is 4.79 Å². The van der Waals surface area contributed by atoms with Crippen molar-refractivity contribution in [2.75, 3.05) is 6.54 Å². The number of hydrogen-bond donors (Lipinski definition) is 2. The van der Waals surface area contributed by atoms with Crippen LogP contribution in [-0.4, -0.2) is 33.3 Å². The van der Waals surface area contributed by atoms with Crippen molar-refractivity contribution in [2.45, 2.75) is 57.7 Å². The molecule has 3 heterocycles. The van der Waals surface area contributed by atoms with Crippen molar-refractivity contribution in [1.29, 1.82) is 0 Å². The van der Waals surface area contributed by atoms with Crippen LogP contribution in [-0.2, 0) is 17.8 Å². The van der Waals surface area contributed by atoms with Crippen LogP contribution >= 0.6 is 24.8 Å². The van der Waals surface area contributed by atoms with Gasteiger partial charge < -0.3 is 10.6 Å². The Morgan fingerprint density at radius 2 is 2.19 bits per heavy atom. The second-order valence-electron chi connectivity index (χ2n) is 5.32. The van der Waals surface area contributed by atoms with Gasteiger partial charge in [0.25, 0.3) is 0 Å². The molecular weight excluding hydrogens is 313 g/mol. The second kappa shape index (κ2) is 7.96. The molecule has 1 aromatic heterocycles. The Balaban J connectivity index is 0.00000110. The van der Waals surface area contributed by atoms with Gasteiger partial charge in [0.15, 0.2) is 5.82 Å². The molecule has 0 aliphatic carbocycles. The van der Waals surface area contributed by atoms with Gasteiger partial charge in [-0.3, -0.25) is 4.79 Å². The van der Waals surface area contributed by atoms with Crippen molar-refractivity contribution in [2.24, 2.45) is 0 Å². The van der Waals surface area contributed by atoms with E-state index in [1.165, 1.54) is 0 Å². The minimum atomic E-state index is -0.0241. The van der Waals surface area contributed by atoms with E-state index in [4.69, 9.17) is 0 Å². The Morgan fingerprint density at radius 1 is 1.38 bits per heavy atom. The molecule has 2 aliphatic heterocycles. The maximum atomic E-state index is 12.2. The molecule has 6 nitrogen and oxygen atoms in total. The lowest BCUT2D eigenvalue weighted by atomic mass is 10.1. The summed E-state index contributed by atoms with van der Waals surface area (Å²) in [4.78, 5) is 16.7. The summed E-state index contributed by atoms with van der Waals surface area (Å²) < 4.78 is 1.95. The second-order valence-corrected chi connectivity index (χ2v) is 5.32. The maximum absolute atomic E-state index is 12.2. The van der Waals surface area contributed by atoms with Gasteiger partial charge in [-0.15, -0.1) is 24.8 Å². The fourth-order valence-electron chi connectivity index (χ4n) is 2.87. The Hall–Kier alpha value is -0.850. The zero-order valence-electron chi connectivity index (χ0n) is 12.2. The fraction of sp³-hybridized carbons (Fsp3) is 0.769. The van der Waals surface area contributed by atoms with Crippen LogP contribution in [0.25, 0.3) is 0 Å². The first-order chi connectivity index (χ1) is 9.28. The molecule has 120 valence electrons. The van der Waals surface area contributed by atoms with Crippen molar-refractivity contribution in [3.05, 3.63) is 11.6 Å². The number of carbonyl (C=O) groups excluding carboxylic acids is 1. The zero-order chi connectivity index (χ0) is 13.2. The number of halogens is 2. The van der Waals surface area contributed by atoms with E-state index in [0.29, 0.717) is 0 Å². The SMILES string of the molecule is CCc1nc2n(n1)CCCC2NC(=O)C1CCCN1.Cl.Cl. The van der Waals surface area contributed by atoms with Gasteiger partial charge in [0, 0.05) is 13.0 Å². The van der Waals surface area contributed by atoms with Crippen LogP contribution in [0.3, 0.4) is 0 Å². The molecule has 1 fully saturated rings. The molecule has 3 rings (SSSR count). The van der Waals surface area contributed by atoms with Gasteiger partial charge >= 0.3 is 0 Å². The van der Waals surface area contributed by atoms with E-state index in [0.717, 1.165) is 56.8 Å². The molecule has 0 spiro atoms. The smallest absolute Gasteiger partial charge is 0.237 e. The maximum Gasteiger partial charge on any atom is 0.237 e. The molecule has 0 saturated carbocycles. The molecule has 2 atom stereocenters. The Bertz CT molecular complexity index is 473. The van der Waals surface area contributed by atoms with Gasteiger partial charge in [-0.25, -0.2) is 9.67 Å². The Morgan fingerprint density at radius 3 is 2.86 bits per heavy atom. The monoisotopic (exact) mass is 335 g/mol. The van der Waals surface area contributed by atoms with Crippen molar-refractivity contribution in [3.8, 4) is 0 Å². The van der Waals surface area contributed by atoms with Crippen molar-refractivity contribution >= 4 is 30.7 Å². The Labute approximate surface area is 137 Å². The molecule has 1 aromatic rings. The summed E-state index contributed by atoms with van der Waals surface area (Å²) in [5.74, 6) is 1.90. The van der Waals surface area contributed by atoms with Gasteiger partial charge in [-0.05, 0) is 32.2 Å². The number of nitrogens with one attached hydrogen (secondary N) is 2. The number of rotatable bonds is 3. The van der Waals surface area contributed by atoms with Crippen LogP contribution in [0.4, 0.5) is 0 Å². The normalized spacial score (nSPS) is 23.7. The highest BCUT2D eigenvalue weighted by molar-refractivity contribution is 5.85. The average molecular weight is 336 g/mol. The molecule has 2 unspecified atom stereocenters. The van der Waals surface area contributed by atoms with E-state index < -0.39 is 0 Å². The molecule has 1 saturated heterocycles. The number of hydrogen-bond acceptors (Lipinski definition) is 4. The lowest BCUT2D eigenvalue weighted by Gasteiger charge is -2.24. The number of aryl methyl sites for hydroxylation is 2. The highest BCUT2D eigenvalue weighted by Gasteiger charge is 2.29. The average Bonchev–Trinajstić information content (AvgIpc) is 3.08. The van der Waals surface area contributed by atoms with E-state index in [1.807, 2.05) is 4.68 Å². The quantitative estimate of drug-likeness (QED) is 0.875. The van der Waals surface area contributed by atoms with Crippen LogP contribution in [0, 0.1) is 0 Å². The van der Waals surface area contributed by atoms with E-state index >= 15 is 0 Å². The third-order valence-corrected chi connectivity index (χ3v) is 3.93. The summed E-state index contributed by atoms with van der Waals surface area (Å²) in [6, 6.07) is 0.000364. The zero-order valence-corrected chi connectivity index (χ0v) is 13.8. The van der Waals surface area contributed by atoms with Crippen molar-refractivity contribution in [1.82, 2.24) is 25.4 Å². The van der Waals surface area contributed by atoms with E-state index in [-0.39, 0.29) is 42.8 Å². The van der Waals surface area contributed by atoms with Gasteiger partial charge in [-0.2, -0.15) is 5.10 Å². The Kier molecular flexibility index (Phi) is 6.90. The predicted molar refractivity (Wildman–Crippen MR) is 85.0 cm³/mol. The number of amides is 1. The number of fused-ring (bicyclic) bond motifs is 1. The number of nitrogens with zero attached hydrogens (tertiary/aromatic N) is 3. The van der Waals surface area contributed by atoms with Crippen LogP contribution in [0.2, 0.25) is 0 Å².